The zero-order chi connectivity index (χ0) is 13.0. The van der Waals surface area contributed by atoms with Crippen LogP contribution < -0.4 is 79.9 Å². The molecular weight excluding hydrogens is 375 g/mol. The number of aromatic nitrogens is 1. The van der Waals surface area contributed by atoms with Gasteiger partial charge in [0.2, 0.25) is 0 Å². The first-order valence-corrected chi connectivity index (χ1v) is 6.29. The summed E-state index contributed by atoms with van der Waals surface area (Å²) in [4.78, 5) is 13.6. The molecule has 3 rings (SSSR count). The number of anilines is 1. The van der Waals surface area contributed by atoms with E-state index in [-0.39, 0.29) is 76.3 Å². The molecule has 106 valence electrons. The van der Waals surface area contributed by atoms with Crippen LogP contribution >= 0.6 is 0 Å². The number of hydrogen-bond acceptors (Lipinski definition) is 5. The van der Waals surface area contributed by atoms with Gasteiger partial charge in [0.25, 0.3) is 0 Å². The molecule has 0 saturated heterocycles. The smallest absolute Gasteiger partial charge is 0.383 e. The summed E-state index contributed by atoms with van der Waals surface area (Å²) >= 11 is 0. The third-order valence-corrected chi connectivity index (χ3v) is 3.15. The summed E-state index contributed by atoms with van der Waals surface area (Å²) in [7, 11) is 0. The quantitative estimate of drug-likeness (QED) is 0.441. The van der Waals surface area contributed by atoms with Crippen LogP contribution in [0.3, 0.4) is 0 Å². The summed E-state index contributed by atoms with van der Waals surface area (Å²) in [5.74, 6) is 0.653. The molecule has 20 heavy (non-hydrogen) atoms. The van der Waals surface area contributed by atoms with Gasteiger partial charge in [0.1, 0.15) is 12.1 Å². The standard InChI is InChI=1S/C10H13N3O.C3H6O.CH3.Cs/c11-10-8-5-14-4-7(8)6-1-2-12-3-9(6)13-10;1-2-3-4;;/h12H,1-5H2,(H2,11,13);3H,2H2,1H3;1H3;/q;;-1;+1. The van der Waals surface area contributed by atoms with Crippen molar-refractivity contribution in [2.75, 3.05) is 12.3 Å². The first kappa shape index (κ1) is 20.6. The number of nitrogens with two attached hydrogens (primary N) is 1. The molecule has 2 aliphatic heterocycles. The van der Waals surface area contributed by atoms with E-state index in [2.05, 4.69) is 10.3 Å². The normalized spacial score (nSPS) is 14.7. The molecule has 0 aliphatic carbocycles. The molecule has 0 amide bonds. The average Bonchev–Trinajstić information content (AvgIpc) is 2.89. The summed E-state index contributed by atoms with van der Waals surface area (Å²) in [5.41, 5.74) is 10.8. The van der Waals surface area contributed by atoms with Crippen LogP contribution in [-0.2, 0) is 35.7 Å². The molecule has 0 fully saturated rings. The Morgan fingerprint density at radius 1 is 1.35 bits per heavy atom. The van der Waals surface area contributed by atoms with Crippen LogP contribution in [0.5, 0.6) is 0 Å². The molecule has 0 unspecified atom stereocenters. The van der Waals surface area contributed by atoms with E-state index in [4.69, 9.17) is 10.5 Å². The Morgan fingerprint density at radius 2 is 2.00 bits per heavy atom. The van der Waals surface area contributed by atoms with Gasteiger partial charge in [-0.1, -0.05) is 6.92 Å². The Kier molecular flexibility index (Phi) is 10.6. The van der Waals surface area contributed by atoms with Crippen molar-refractivity contribution in [3.05, 3.63) is 29.8 Å². The van der Waals surface area contributed by atoms with Gasteiger partial charge in [-0.2, -0.15) is 0 Å². The maximum absolute atomic E-state index is 9.17. The minimum Gasteiger partial charge on any atom is -0.383 e. The van der Waals surface area contributed by atoms with Gasteiger partial charge >= 0.3 is 68.9 Å². The van der Waals surface area contributed by atoms with Crippen LogP contribution in [0, 0.1) is 7.43 Å². The van der Waals surface area contributed by atoms with Crippen molar-refractivity contribution in [2.45, 2.75) is 39.5 Å². The molecule has 0 radical (unpaired) electrons. The summed E-state index contributed by atoms with van der Waals surface area (Å²) in [6, 6.07) is 0. The van der Waals surface area contributed by atoms with Crippen molar-refractivity contribution in [3.63, 3.8) is 0 Å². The zero-order valence-electron chi connectivity index (χ0n) is 12.7. The Labute approximate surface area is 179 Å². The summed E-state index contributed by atoms with van der Waals surface area (Å²) < 4.78 is 5.42. The molecule has 1 aromatic heterocycles. The molecule has 0 bridgehead atoms. The predicted octanol–water partition coefficient (Wildman–Crippen LogP) is -1.61. The maximum Gasteiger partial charge on any atom is 1.00 e. The van der Waals surface area contributed by atoms with Crippen molar-refractivity contribution in [2.24, 2.45) is 0 Å². The topological polar surface area (TPSA) is 77.2 Å². The monoisotopic (exact) mass is 397 g/mol. The Morgan fingerprint density at radius 3 is 2.65 bits per heavy atom. The number of pyridine rings is 1. The minimum atomic E-state index is 0. The minimum absolute atomic E-state index is 0. The summed E-state index contributed by atoms with van der Waals surface area (Å²) in [6.45, 7) is 5.03. The van der Waals surface area contributed by atoms with Crippen LogP contribution in [0.2, 0.25) is 0 Å². The molecule has 3 heterocycles. The number of carbonyl (C=O) groups excluding carboxylic acids is 1. The Bertz CT molecular complexity index is 453. The molecule has 1 aromatic rings. The van der Waals surface area contributed by atoms with Gasteiger partial charge in [-0.25, -0.2) is 4.98 Å². The van der Waals surface area contributed by atoms with Gasteiger partial charge in [0, 0.05) is 18.5 Å². The van der Waals surface area contributed by atoms with Crippen LogP contribution in [0.25, 0.3) is 0 Å². The van der Waals surface area contributed by atoms with E-state index in [1.54, 1.807) is 0 Å². The van der Waals surface area contributed by atoms with Gasteiger partial charge in [-0.05, 0) is 24.1 Å². The number of fused-ring (bicyclic) bond motifs is 3. The second-order valence-electron chi connectivity index (χ2n) is 4.37. The van der Waals surface area contributed by atoms with Gasteiger partial charge in [-0.15, -0.1) is 0 Å². The van der Waals surface area contributed by atoms with Crippen LogP contribution in [0.1, 0.15) is 35.7 Å². The summed E-state index contributed by atoms with van der Waals surface area (Å²) in [5, 5.41) is 3.30. The van der Waals surface area contributed by atoms with Gasteiger partial charge in [0.15, 0.2) is 0 Å². The van der Waals surface area contributed by atoms with Crippen molar-refractivity contribution in [1.29, 1.82) is 0 Å². The molecule has 5 nitrogen and oxygen atoms in total. The number of aldehydes is 1. The first-order chi connectivity index (χ1) is 8.77. The summed E-state index contributed by atoms with van der Waals surface area (Å²) in [6.07, 6.45) is 2.56. The predicted molar refractivity (Wildman–Crippen MR) is 75.3 cm³/mol. The molecule has 6 heteroatoms. The van der Waals surface area contributed by atoms with Crippen LogP contribution in [0.4, 0.5) is 5.82 Å². The number of nitrogen functional groups attached to an aromatic ring is 1. The Hall–Kier alpha value is 0.592. The van der Waals surface area contributed by atoms with Gasteiger partial charge in [0.05, 0.1) is 18.9 Å². The average molecular weight is 397 g/mol. The van der Waals surface area contributed by atoms with E-state index in [0.717, 1.165) is 37.1 Å². The second-order valence-corrected chi connectivity index (χ2v) is 4.37. The third-order valence-electron chi connectivity index (χ3n) is 3.15. The fourth-order valence-electron chi connectivity index (χ4n) is 2.24. The van der Waals surface area contributed by atoms with E-state index in [0.29, 0.717) is 25.5 Å². The fraction of sp³-hybridized carbons (Fsp3) is 0.500. The number of nitrogens with one attached hydrogen (secondary N) is 1. The van der Waals surface area contributed by atoms with Crippen LogP contribution in [0.15, 0.2) is 0 Å². The largest absolute Gasteiger partial charge is 1.00 e. The van der Waals surface area contributed by atoms with E-state index >= 15 is 0 Å². The molecular formula is C14H22CsN3O2. The molecule has 0 aromatic carbocycles. The van der Waals surface area contributed by atoms with Crippen molar-refractivity contribution in [3.8, 4) is 0 Å². The molecule has 2 aliphatic rings. The van der Waals surface area contributed by atoms with E-state index < -0.39 is 0 Å². The van der Waals surface area contributed by atoms with Crippen molar-refractivity contribution in [1.82, 2.24) is 10.3 Å². The first-order valence-electron chi connectivity index (χ1n) is 6.29. The number of hydrogen-bond donors (Lipinski definition) is 2. The molecule has 0 saturated carbocycles. The van der Waals surface area contributed by atoms with Crippen LogP contribution in [-0.4, -0.2) is 17.8 Å². The third kappa shape index (κ3) is 4.81. The number of carbonyl (C=O) groups is 1. The molecule has 0 atom stereocenters. The van der Waals surface area contributed by atoms with Crippen molar-refractivity contribution < 1.29 is 78.4 Å². The fourth-order valence-corrected chi connectivity index (χ4v) is 2.24. The van der Waals surface area contributed by atoms with Gasteiger partial charge < -0.3 is 28.0 Å². The van der Waals surface area contributed by atoms with E-state index in [1.807, 2.05) is 6.92 Å². The van der Waals surface area contributed by atoms with E-state index in [1.165, 1.54) is 11.1 Å². The van der Waals surface area contributed by atoms with Gasteiger partial charge in [-0.3, -0.25) is 0 Å². The molecule has 3 N–H and O–H groups in total. The number of ether oxygens (including phenoxy) is 1. The van der Waals surface area contributed by atoms with E-state index in [9.17, 15) is 4.79 Å². The van der Waals surface area contributed by atoms with Crippen molar-refractivity contribution >= 4 is 12.1 Å². The number of rotatable bonds is 1. The SMILES string of the molecule is CCC=O.Nc1nc2c(c3c1COC3)CCNC2.[CH3-].[Cs+]. The zero-order valence-corrected chi connectivity index (χ0v) is 18.9. The second kappa shape index (κ2) is 10.3. The number of nitrogens with zero attached hydrogens (tertiary/aromatic N) is 1. The Balaban J connectivity index is 0.000000542. The molecule has 0 spiro atoms. The maximum atomic E-state index is 9.17.